The summed E-state index contributed by atoms with van der Waals surface area (Å²) in [7, 11) is 0. The van der Waals surface area contributed by atoms with Crippen LogP contribution in [0.15, 0.2) is 30.5 Å². The molecule has 0 aliphatic carbocycles. The van der Waals surface area contributed by atoms with Crippen molar-refractivity contribution in [3.05, 3.63) is 36.2 Å². The predicted molar refractivity (Wildman–Crippen MR) is 93.0 cm³/mol. The summed E-state index contributed by atoms with van der Waals surface area (Å²) >= 11 is 0. The molecular formula is C18H23N5O2. The third-order valence-corrected chi connectivity index (χ3v) is 5.39. The number of fused-ring (bicyclic) bond motifs is 2. The highest BCUT2D eigenvalue weighted by atomic mass is 16.2. The zero-order chi connectivity index (χ0) is 17.4. The van der Waals surface area contributed by atoms with Crippen molar-refractivity contribution < 1.29 is 9.59 Å². The van der Waals surface area contributed by atoms with Crippen molar-refractivity contribution in [2.45, 2.75) is 25.3 Å². The first-order chi connectivity index (χ1) is 12.2. The standard InChI is InChI=1S/C18H23N5O2/c19-7-10-22-16-6-9-21(12-13(16)4-5-17(22)24)18(25)15-11-14-3-1-2-8-23(14)20-15/h1-3,8,11,13,16H,4-7,9-10,12,19H2/t13-,16+/m0/s1. The second kappa shape index (κ2) is 6.48. The van der Waals surface area contributed by atoms with Gasteiger partial charge in [-0.2, -0.15) is 5.10 Å². The Hall–Kier alpha value is -2.41. The summed E-state index contributed by atoms with van der Waals surface area (Å²) in [4.78, 5) is 28.8. The van der Waals surface area contributed by atoms with Gasteiger partial charge in [-0.15, -0.1) is 0 Å². The first kappa shape index (κ1) is 16.1. The Balaban J connectivity index is 1.50. The molecule has 2 aliphatic heterocycles. The van der Waals surface area contributed by atoms with E-state index >= 15 is 0 Å². The van der Waals surface area contributed by atoms with Gasteiger partial charge in [-0.1, -0.05) is 6.07 Å². The average Bonchev–Trinajstić information content (AvgIpc) is 3.07. The molecule has 0 spiro atoms. The number of amides is 2. The van der Waals surface area contributed by atoms with Crippen molar-refractivity contribution in [1.82, 2.24) is 19.4 Å². The zero-order valence-electron chi connectivity index (χ0n) is 14.2. The Morgan fingerprint density at radius 1 is 1.32 bits per heavy atom. The summed E-state index contributed by atoms with van der Waals surface area (Å²) in [6.07, 6.45) is 4.06. The lowest BCUT2D eigenvalue weighted by Gasteiger charge is -2.46. The van der Waals surface area contributed by atoms with E-state index in [1.165, 1.54) is 0 Å². The molecule has 2 amide bonds. The molecular weight excluding hydrogens is 318 g/mol. The highest BCUT2D eigenvalue weighted by molar-refractivity contribution is 5.93. The molecule has 0 aromatic carbocycles. The molecule has 2 fully saturated rings. The van der Waals surface area contributed by atoms with Crippen LogP contribution < -0.4 is 5.73 Å². The largest absolute Gasteiger partial charge is 0.338 e. The molecule has 2 N–H and O–H groups in total. The van der Waals surface area contributed by atoms with E-state index < -0.39 is 0 Å². The lowest BCUT2D eigenvalue weighted by atomic mass is 9.83. The minimum absolute atomic E-state index is 0.0237. The van der Waals surface area contributed by atoms with Crippen molar-refractivity contribution in [2.75, 3.05) is 26.2 Å². The molecule has 0 saturated carbocycles. The molecule has 7 heteroatoms. The van der Waals surface area contributed by atoms with Crippen molar-refractivity contribution in [3.63, 3.8) is 0 Å². The fourth-order valence-electron chi connectivity index (χ4n) is 4.17. The molecule has 2 atom stereocenters. The van der Waals surface area contributed by atoms with E-state index in [9.17, 15) is 9.59 Å². The molecule has 4 rings (SSSR count). The monoisotopic (exact) mass is 341 g/mol. The van der Waals surface area contributed by atoms with Gasteiger partial charge in [-0.3, -0.25) is 9.59 Å². The summed E-state index contributed by atoms with van der Waals surface area (Å²) < 4.78 is 1.72. The maximum absolute atomic E-state index is 12.9. The van der Waals surface area contributed by atoms with Gasteiger partial charge in [-0.25, -0.2) is 4.52 Å². The smallest absolute Gasteiger partial charge is 0.274 e. The SMILES string of the molecule is NCCN1C(=O)CC[C@H]2CN(C(=O)c3cc4ccccn4n3)CC[C@H]21. The Morgan fingerprint density at radius 2 is 2.20 bits per heavy atom. The van der Waals surface area contributed by atoms with Crippen LogP contribution in [0.5, 0.6) is 0 Å². The topological polar surface area (TPSA) is 83.9 Å². The second-order valence-corrected chi connectivity index (χ2v) is 6.88. The van der Waals surface area contributed by atoms with E-state index in [1.807, 2.05) is 40.3 Å². The summed E-state index contributed by atoms with van der Waals surface area (Å²) in [6.45, 7) is 2.44. The van der Waals surface area contributed by atoms with E-state index in [2.05, 4.69) is 5.10 Å². The molecule has 2 aromatic heterocycles. The predicted octanol–water partition coefficient (Wildman–Crippen LogP) is 0.746. The van der Waals surface area contributed by atoms with Crippen molar-refractivity contribution in [2.24, 2.45) is 11.7 Å². The Kier molecular flexibility index (Phi) is 4.17. The van der Waals surface area contributed by atoms with Crippen LogP contribution in [0.1, 0.15) is 29.8 Å². The summed E-state index contributed by atoms with van der Waals surface area (Å²) in [6, 6.07) is 7.81. The number of likely N-dealkylation sites (tertiary alicyclic amines) is 2. The molecule has 2 aliphatic rings. The van der Waals surface area contributed by atoms with Crippen LogP contribution in [-0.2, 0) is 4.79 Å². The average molecular weight is 341 g/mol. The maximum atomic E-state index is 12.9. The lowest BCUT2D eigenvalue weighted by Crippen LogP contribution is -2.57. The van der Waals surface area contributed by atoms with Gasteiger partial charge in [0.05, 0.1) is 5.52 Å². The molecule has 2 saturated heterocycles. The molecule has 2 aromatic rings. The lowest BCUT2D eigenvalue weighted by molar-refractivity contribution is -0.140. The molecule has 25 heavy (non-hydrogen) atoms. The Bertz CT molecular complexity index is 769. The van der Waals surface area contributed by atoms with Crippen LogP contribution in [-0.4, -0.2) is 63.4 Å². The van der Waals surface area contributed by atoms with Crippen LogP contribution in [0.2, 0.25) is 0 Å². The van der Waals surface area contributed by atoms with Crippen LogP contribution >= 0.6 is 0 Å². The van der Waals surface area contributed by atoms with Gasteiger partial charge in [0.1, 0.15) is 0 Å². The van der Waals surface area contributed by atoms with Crippen molar-refractivity contribution >= 4 is 17.3 Å². The minimum Gasteiger partial charge on any atom is -0.338 e. The van der Waals surface area contributed by atoms with Crippen LogP contribution in [0.4, 0.5) is 0 Å². The zero-order valence-corrected chi connectivity index (χ0v) is 14.2. The van der Waals surface area contributed by atoms with E-state index in [4.69, 9.17) is 5.73 Å². The van der Waals surface area contributed by atoms with Crippen LogP contribution in [0.3, 0.4) is 0 Å². The van der Waals surface area contributed by atoms with Gasteiger partial charge in [0, 0.05) is 44.8 Å². The summed E-state index contributed by atoms with van der Waals surface area (Å²) in [5, 5.41) is 4.39. The maximum Gasteiger partial charge on any atom is 0.274 e. The van der Waals surface area contributed by atoms with E-state index in [0.29, 0.717) is 44.2 Å². The van der Waals surface area contributed by atoms with E-state index in [-0.39, 0.29) is 17.9 Å². The van der Waals surface area contributed by atoms with Crippen LogP contribution in [0, 0.1) is 5.92 Å². The normalized spacial score (nSPS) is 23.8. The molecule has 132 valence electrons. The number of hydrogen-bond donors (Lipinski definition) is 1. The first-order valence-corrected chi connectivity index (χ1v) is 8.90. The third-order valence-electron chi connectivity index (χ3n) is 5.39. The first-order valence-electron chi connectivity index (χ1n) is 8.90. The Labute approximate surface area is 146 Å². The number of nitrogens with two attached hydrogens (primary N) is 1. The van der Waals surface area contributed by atoms with Gasteiger partial charge in [0.2, 0.25) is 5.91 Å². The summed E-state index contributed by atoms with van der Waals surface area (Å²) in [5.41, 5.74) is 7.06. The van der Waals surface area contributed by atoms with Crippen molar-refractivity contribution in [3.8, 4) is 0 Å². The second-order valence-electron chi connectivity index (χ2n) is 6.88. The number of nitrogens with zero attached hydrogens (tertiary/aromatic N) is 4. The molecule has 0 radical (unpaired) electrons. The number of rotatable bonds is 3. The fraction of sp³-hybridized carbons (Fsp3) is 0.500. The van der Waals surface area contributed by atoms with Crippen LogP contribution in [0.25, 0.3) is 5.52 Å². The number of piperidine rings is 2. The minimum atomic E-state index is -0.0237. The third kappa shape index (κ3) is 2.89. The van der Waals surface area contributed by atoms with Gasteiger partial charge in [-0.05, 0) is 37.0 Å². The number of carbonyl (C=O) groups excluding carboxylic acids is 2. The van der Waals surface area contributed by atoms with Gasteiger partial charge < -0.3 is 15.5 Å². The van der Waals surface area contributed by atoms with Gasteiger partial charge in [0.25, 0.3) is 5.91 Å². The number of pyridine rings is 1. The van der Waals surface area contributed by atoms with Crippen molar-refractivity contribution in [1.29, 1.82) is 0 Å². The summed E-state index contributed by atoms with van der Waals surface area (Å²) in [5.74, 6) is 0.509. The highest BCUT2D eigenvalue weighted by Gasteiger charge is 2.40. The molecule has 0 bridgehead atoms. The highest BCUT2D eigenvalue weighted by Crippen LogP contribution is 2.31. The Morgan fingerprint density at radius 3 is 3.00 bits per heavy atom. The van der Waals surface area contributed by atoms with Gasteiger partial charge in [0.15, 0.2) is 5.69 Å². The number of hydrogen-bond acceptors (Lipinski definition) is 4. The molecule has 4 heterocycles. The van der Waals surface area contributed by atoms with E-state index in [0.717, 1.165) is 18.4 Å². The quantitative estimate of drug-likeness (QED) is 0.893. The number of aromatic nitrogens is 2. The number of carbonyl (C=O) groups is 2. The molecule has 0 unspecified atom stereocenters. The molecule has 7 nitrogen and oxygen atoms in total. The van der Waals surface area contributed by atoms with E-state index in [1.54, 1.807) is 4.52 Å². The van der Waals surface area contributed by atoms with Gasteiger partial charge >= 0.3 is 0 Å². The fourth-order valence-corrected chi connectivity index (χ4v) is 4.17.